The van der Waals surface area contributed by atoms with Crippen molar-refractivity contribution in [1.82, 2.24) is 0 Å². The second kappa shape index (κ2) is 10.7. The van der Waals surface area contributed by atoms with Crippen LogP contribution in [0.1, 0.15) is 0 Å². The minimum Gasteiger partial charge on any atom is -0.394 e. The molecule has 0 aromatic carbocycles. The zero-order chi connectivity index (χ0) is 18.2. The smallest absolute Gasteiger partial charge is 0.151 e. The SMILES string of the molecule is O=C[C@H](O)[C@@H](O)[C@@H](O)[C@H](O)CO.O=C[C@H](O)[C@H]1OC[C@@H](O)[C@@H]1O. The molecule has 0 spiro atoms. The van der Waals surface area contributed by atoms with Crippen LogP contribution in [0.25, 0.3) is 0 Å². The number of aliphatic hydroxyl groups excluding tert-OH is 8. The second-order valence-corrected chi connectivity index (χ2v) is 4.84. The van der Waals surface area contributed by atoms with Crippen LogP contribution in [0.3, 0.4) is 0 Å². The van der Waals surface area contributed by atoms with Crippen molar-refractivity contribution in [2.24, 2.45) is 0 Å². The molecule has 0 aliphatic carbocycles. The Morgan fingerprint density at radius 1 is 1.00 bits per heavy atom. The van der Waals surface area contributed by atoms with Gasteiger partial charge in [0.05, 0.1) is 13.2 Å². The summed E-state index contributed by atoms with van der Waals surface area (Å²) >= 11 is 0. The summed E-state index contributed by atoms with van der Waals surface area (Å²) in [5.74, 6) is 0. The van der Waals surface area contributed by atoms with Crippen LogP contribution in [-0.4, -0.2) is 115 Å². The fourth-order valence-corrected chi connectivity index (χ4v) is 1.62. The molecular formula is C12H22O11. The first-order chi connectivity index (χ1) is 10.7. The molecule has 1 aliphatic rings. The van der Waals surface area contributed by atoms with E-state index < -0.39 is 55.4 Å². The van der Waals surface area contributed by atoms with Gasteiger partial charge >= 0.3 is 0 Å². The van der Waals surface area contributed by atoms with Crippen LogP contribution in [0.5, 0.6) is 0 Å². The molecule has 11 heteroatoms. The summed E-state index contributed by atoms with van der Waals surface area (Å²) in [6.45, 7) is -0.805. The maximum absolute atomic E-state index is 10.0. The number of aldehydes is 2. The number of hydrogen-bond acceptors (Lipinski definition) is 11. The molecule has 136 valence electrons. The molecule has 8 N–H and O–H groups in total. The fraction of sp³-hybridized carbons (Fsp3) is 0.833. The lowest BCUT2D eigenvalue weighted by Gasteiger charge is -2.22. The number of rotatable bonds is 7. The molecule has 1 saturated heterocycles. The molecule has 0 radical (unpaired) electrons. The third-order valence-electron chi connectivity index (χ3n) is 3.09. The first-order valence-corrected chi connectivity index (χ1v) is 6.60. The highest BCUT2D eigenvalue weighted by atomic mass is 16.5. The maximum atomic E-state index is 10.0. The molecule has 0 unspecified atom stereocenters. The molecule has 8 atom stereocenters. The van der Waals surface area contributed by atoms with Crippen molar-refractivity contribution in [1.29, 1.82) is 0 Å². The maximum Gasteiger partial charge on any atom is 0.151 e. The van der Waals surface area contributed by atoms with Gasteiger partial charge in [-0.3, -0.25) is 0 Å². The predicted octanol–water partition coefficient (Wildman–Crippen LogP) is -5.71. The van der Waals surface area contributed by atoms with E-state index >= 15 is 0 Å². The van der Waals surface area contributed by atoms with E-state index in [4.69, 9.17) is 45.6 Å². The summed E-state index contributed by atoms with van der Waals surface area (Å²) in [7, 11) is 0. The van der Waals surface area contributed by atoms with E-state index in [-0.39, 0.29) is 19.2 Å². The first kappa shape index (κ1) is 22.0. The van der Waals surface area contributed by atoms with Gasteiger partial charge in [-0.2, -0.15) is 0 Å². The highest BCUT2D eigenvalue weighted by Gasteiger charge is 2.38. The Bertz CT molecular complexity index is 352. The lowest BCUT2D eigenvalue weighted by Crippen LogP contribution is -2.46. The van der Waals surface area contributed by atoms with Crippen molar-refractivity contribution in [2.75, 3.05) is 13.2 Å². The minimum absolute atomic E-state index is 0.0258. The molecule has 0 saturated carbocycles. The van der Waals surface area contributed by atoms with E-state index in [0.29, 0.717) is 0 Å². The second-order valence-electron chi connectivity index (χ2n) is 4.84. The molecule has 0 aromatic heterocycles. The van der Waals surface area contributed by atoms with Crippen LogP contribution >= 0.6 is 0 Å². The third-order valence-corrected chi connectivity index (χ3v) is 3.09. The number of carbonyl (C=O) groups excluding carboxylic acids is 2. The molecule has 11 nitrogen and oxygen atoms in total. The van der Waals surface area contributed by atoms with Crippen molar-refractivity contribution in [3.8, 4) is 0 Å². The summed E-state index contributed by atoms with van der Waals surface area (Å²) in [5.41, 5.74) is 0. The van der Waals surface area contributed by atoms with Crippen LogP contribution < -0.4 is 0 Å². The Hall–Kier alpha value is -1.02. The quantitative estimate of drug-likeness (QED) is 0.205. The van der Waals surface area contributed by atoms with E-state index in [0.717, 1.165) is 0 Å². The van der Waals surface area contributed by atoms with Gasteiger partial charge in [-0.1, -0.05) is 0 Å². The summed E-state index contributed by atoms with van der Waals surface area (Å²) in [5, 5.41) is 70.4. The fourth-order valence-electron chi connectivity index (χ4n) is 1.62. The lowest BCUT2D eigenvalue weighted by molar-refractivity contribution is -0.136. The van der Waals surface area contributed by atoms with Crippen LogP contribution in [0, 0.1) is 0 Å². The van der Waals surface area contributed by atoms with Crippen molar-refractivity contribution < 1.29 is 55.2 Å². The Kier molecular flexibility index (Phi) is 10.2. The average Bonchev–Trinajstić information content (AvgIpc) is 2.91. The average molecular weight is 342 g/mol. The van der Waals surface area contributed by atoms with Gasteiger partial charge in [-0.05, 0) is 0 Å². The molecular weight excluding hydrogens is 320 g/mol. The predicted molar refractivity (Wildman–Crippen MR) is 71.0 cm³/mol. The molecule has 1 heterocycles. The van der Waals surface area contributed by atoms with Gasteiger partial charge in [0.25, 0.3) is 0 Å². The number of aliphatic hydroxyl groups is 8. The van der Waals surface area contributed by atoms with Gasteiger partial charge in [-0.15, -0.1) is 0 Å². The van der Waals surface area contributed by atoms with Crippen LogP contribution in [-0.2, 0) is 14.3 Å². The van der Waals surface area contributed by atoms with E-state index in [9.17, 15) is 9.59 Å². The van der Waals surface area contributed by atoms with Gasteiger partial charge in [0.1, 0.15) is 48.8 Å². The van der Waals surface area contributed by atoms with Crippen LogP contribution in [0.4, 0.5) is 0 Å². The Morgan fingerprint density at radius 2 is 1.57 bits per heavy atom. The molecule has 0 bridgehead atoms. The number of carbonyl (C=O) groups is 2. The van der Waals surface area contributed by atoms with Crippen molar-refractivity contribution in [3.63, 3.8) is 0 Å². The lowest BCUT2D eigenvalue weighted by atomic mass is 10.0. The highest BCUT2D eigenvalue weighted by molar-refractivity contribution is 5.57. The van der Waals surface area contributed by atoms with Gasteiger partial charge in [0.2, 0.25) is 0 Å². The van der Waals surface area contributed by atoms with Gasteiger partial charge < -0.3 is 55.2 Å². The van der Waals surface area contributed by atoms with Gasteiger partial charge in [0.15, 0.2) is 12.6 Å². The monoisotopic (exact) mass is 342 g/mol. The van der Waals surface area contributed by atoms with Crippen LogP contribution in [0.15, 0.2) is 0 Å². The molecule has 1 fully saturated rings. The van der Waals surface area contributed by atoms with Crippen molar-refractivity contribution in [2.45, 2.75) is 48.8 Å². The summed E-state index contributed by atoms with van der Waals surface area (Å²) in [6, 6.07) is 0. The largest absolute Gasteiger partial charge is 0.394 e. The van der Waals surface area contributed by atoms with E-state index in [1.807, 2.05) is 0 Å². The van der Waals surface area contributed by atoms with E-state index in [2.05, 4.69) is 0 Å². The zero-order valence-electron chi connectivity index (χ0n) is 12.0. The van der Waals surface area contributed by atoms with Gasteiger partial charge in [0, 0.05) is 0 Å². The number of ether oxygens (including phenoxy) is 1. The van der Waals surface area contributed by atoms with E-state index in [1.54, 1.807) is 0 Å². The summed E-state index contributed by atoms with van der Waals surface area (Å²) in [6.07, 6.45) is -11.1. The van der Waals surface area contributed by atoms with Crippen molar-refractivity contribution in [3.05, 3.63) is 0 Å². The number of hydrogen-bond donors (Lipinski definition) is 8. The molecule has 1 rings (SSSR count). The Morgan fingerprint density at radius 3 is 1.91 bits per heavy atom. The molecule has 0 aromatic rings. The minimum atomic E-state index is -1.79. The highest BCUT2D eigenvalue weighted by Crippen LogP contribution is 2.16. The zero-order valence-corrected chi connectivity index (χ0v) is 12.0. The van der Waals surface area contributed by atoms with Crippen molar-refractivity contribution >= 4 is 12.6 Å². The van der Waals surface area contributed by atoms with Gasteiger partial charge in [-0.25, -0.2) is 0 Å². The standard InChI is InChI=1S/C6H12O6.C6H10O5/c7-1-3(9)5(11)6(12)4(10)2-8;7-1-3(8)6-5(10)4(9)2-11-6/h1,3-6,8-12H,2H2;1,3-6,8-10H,2H2/t3-,4+,5+,6-;3-,4+,5-,6+/m00/s1. The normalized spacial score (nSPS) is 30.3. The summed E-state index contributed by atoms with van der Waals surface area (Å²) < 4.78 is 4.75. The summed E-state index contributed by atoms with van der Waals surface area (Å²) in [4.78, 5) is 19.9. The Balaban J connectivity index is 0.000000422. The molecule has 1 aliphatic heterocycles. The van der Waals surface area contributed by atoms with E-state index in [1.165, 1.54) is 0 Å². The third kappa shape index (κ3) is 6.55. The Labute approximate surface area is 131 Å². The van der Waals surface area contributed by atoms with Crippen LogP contribution in [0.2, 0.25) is 0 Å². The first-order valence-electron chi connectivity index (χ1n) is 6.60. The molecule has 23 heavy (non-hydrogen) atoms. The topological polar surface area (TPSA) is 205 Å². The molecule has 0 amide bonds.